The maximum atomic E-state index is 12.4. The van der Waals surface area contributed by atoms with E-state index in [0.717, 1.165) is 0 Å². The summed E-state index contributed by atoms with van der Waals surface area (Å²) in [4.78, 5) is 12.4. The number of benzene rings is 2. The van der Waals surface area contributed by atoms with E-state index in [0.29, 0.717) is 34.2 Å². The van der Waals surface area contributed by atoms with Crippen molar-refractivity contribution in [2.24, 2.45) is 0 Å². The average Bonchev–Trinajstić information content (AvgIpc) is 3.27. The molecule has 4 rings (SSSR count). The van der Waals surface area contributed by atoms with E-state index < -0.39 is 5.91 Å². The first-order chi connectivity index (χ1) is 12.2. The van der Waals surface area contributed by atoms with Crippen LogP contribution >= 0.6 is 0 Å². The molecule has 0 radical (unpaired) electrons. The van der Waals surface area contributed by atoms with Crippen molar-refractivity contribution in [1.82, 2.24) is 0 Å². The minimum Gasteiger partial charge on any atom is -0.454 e. The van der Waals surface area contributed by atoms with Crippen molar-refractivity contribution in [2.75, 3.05) is 18.9 Å². The van der Waals surface area contributed by atoms with Crippen LogP contribution in [0.15, 0.2) is 42.0 Å². The summed E-state index contributed by atoms with van der Waals surface area (Å²) in [5.41, 5.74) is 1.15. The van der Waals surface area contributed by atoms with Gasteiger partial charge in [0.2, 0.25) is 13.6 Å². The van der Waals surface area contributed by atoms with E-state index >= 15 is 0 Å². The highest BCUT2D eigenvalue weighted by Gasteiger charge is 2.17. The van der Waals surface area contributed by atoms with Crippen LogP contribution in [0.5, 0.6) is 23.0 Å². The predicted octanol–water partition coefficient (Wildman–Crippen LogP) is 2.69. The molecule has 1 amide bonds. The first-order valence-electron chi connectivity index (χ1n) is 7.45. The number of rotatable bonds is 3. The molecular formula is C18H12N2O5. The molecule has 0 unspecified atom stereocenters. The van der Waals surface area contributed by atoms with E-state index in [-0.39, 0.29) is 19.2 Å². The van der Waals surface area contributed by atoms with Crippen LogP contribution in [0.4, 0.5) is 5.69 Å². The number of fused-ring (bicyclic) bond motifs is 2. The zero-order valence-electron chi connectivity index (χ0n) is 12.9. The van der Waals surface area contributed by atoms with Crippen molar-refractivity contribution in [3.63, 3.8) is 0 Å². The van der Waals surface area contributed by atoms with Crippen LogP contribution in [0.3, 0.4) is 0 Å². The summed E-state index contributed by atoms with van der Waals surface area (Å²) < 4.78 is 21.0. The summed E-state index contributed by atoms with van der Waals surface area (Å²) in [5, 5.41) is 12.0. The van der Waals surface area contributed by atoms with Gasteiger partial charge in [-0.25, -0.2) is 0 Å². The summed E-state index contributed by atoms with van der Waals surface area (Å²) in [6, 6.07) is 12.1. The lowest BCUT2D eigenvalue weighted by atomic mass is 10.1. The standard InChI is InChI=1S/C18H12N2O5/c19-8-12(5-11-1-3-14-16(6-11)24-9-22-14)18(21)20-13-2-4-15-17(7-13)25-10-23-15/h1-7H,9-10H2,(H,20,21). The lowest BCUT2D eigenvalue weighted by Crippen LogP contribution is -2.13. The smallest absolute Gasteiger partial charge is 0.266 e. The summed E-state index contributed by atoms with van der Waals surface area (Å²) in [6.07, 6.45) is 1.49. The van der Waals surface area contributed by atoms with Crippen molar-refractivity contribution >= 4 is 17.7 Å². The third-order valence-corrected chi connectivity index (χ3v) is 3.70. The van der Waals surface area contributed by atoms with Gasteiger partial charge in [0.1, 0.15) is 11.6 Å². The van der Waals surface area contributed by atoms with Gasteiger partial charge in [0.15, 0.2) is 23.0 Å². The third kappa shape index (κ3) is 2.93. The van der Waals surface area contributed by atoms with Gasteiger partial charge in [-0.05, 0) is 35.9 Å². The zero-order valence-corrected chi connectivity index (χ0v) is 12.9. The average molecular weight is 336 g/mol. The van der Waals surface area contributed by atoms with E-state index in [1.807, 2.05) is 6.07 Å². The minimum absolute atomic E-state index is 0.0310. The number of hydrogen-bond donors (Lipinski definition) is 1. The zero-order chi connectivity index (χ0) is 17.2. The molecule has 0 saturated heterocycles. The van der Waals surface area contributed by atoms with Gasteiger partial charge in [-0.2, -0.15) is 5.26 Å². The number of nitriles is 1. The Morgan fingerprint density at radius 1 is 0.960 bits per heavy atom. The van der Waals surface area contributed by atoms with Crippen molar-refractivity contribution in [1.29, 1.82) is 5.26 Å². The molecule has 2 aromatic rings. The molecule has 0 bridgehead atoms. The molecule has 2 aliphatic rings. The maximum Gasteiger partial charge on any atom is 0.266 e. The molecule has 0 fully saturated rings. The monoisotopic (exact) mass is 336 g/mol. The van der Waals surface area contributed by atoms with Gasteiger partial charge < -0.3 is 24.3 Å². The number of carbonyl (C=O) groups is 1. The second-order valence-electron chi connectivity index (χ2n) is 5.30. The van der Waals surface area contributed by atoms with Gasteiger partial charge in [-0.3, -0.25) is 4.79 Å². The van der Waals surface area contributed by atoms with Crippen LogP contribution in [0, 0.1) is 11.3 Å². The topological polar surface area (TPSA) is 89.8 Å². The number of nitrogens with zero attached hydrogens (tertiary/aromatic N) is 1. The molecule has 7 heteroatoms. The molecular weight excluding hydrogens is 324 g/mol. The maximum absolute atomic E-state index is 12.4. The normalized spacial score (nSPS) is 14.1. The second kappa shape index (κ2) is 6.09. The fourth-order valence-electron chi connectivity index (χ4n) is 2.49. The number of amides is 1. The first-order valence-corrected chi connectivity index (χ1v) is 7.45. The van der Waals surface area contributed by atoms with E-state index in [1.54, 1.807) is 36.4 Å². The Bertz CT molecular complexity index is 930. The lowest BCUT2D eigenvalue weighted by Gasteiger charge is -2.05. The molecule has 0 spiro atoms. The van der Waals surface area contributed by atoms with Gasteiger partial charge >= 0.3 is 0 Å². The fourth-order valence-corrected chi connectivity index (χ4v) is 2.49. The van der Waals surface area contributed by atoms with E-state index in [4.69, 9.17) is 18.9 Å². The molecule has 0 saturated carbocycles. The molecule has 0 aliphatic carbocycles. The number of ether oxygens (including phenoxy) is 4. The van der Waals surface area contributed by atoms with E-state index in [2.05, 4.69) is 5.32 Å². The molecule has 2 aliphatic heterocycles. The Morgan fingerprint density at radius 2 is 1.60 bits per heavy atom. The summed E-state index contributed by atoms with van der Waals surface area (Å²) in [6.45, 7) is 0.318. The van der Waals surface area contributed by atoms with Crippen LogP contribution in [0.1, 0.15) is 5.56 Å². The third-order valence-electron chi connectivity index (χ3n) is 3.70. The van der Waals surface area contributed by atoms with Crippen LogP contribution in [-0.4, -0.2) is 19.5 Å². The Hall–Kier alpha value is -3.66. The molecule has 2 heterocycles. The van der Waals surface area contributed by atoms with Gasteiger partial charge in [0.25, 0.3) is 5.91 Å². The molecule has 0 atom stereocenters. The molecule has 0 aromatic heterocycles. The highest BCUT2D eigenvalue weighted by molar-refractivity contribution is 6.09. The SMILES string of the molecule is N#CC(=Cc1ccc2c(c1)OCO2)C(=O)Nc1ccc2c(c1)OCO2. The largest absolute Gasteiger partial charge is 0.454 e. The van der Waals surface area contributed by atoms with Crippen LogP contribution < -0.4 is 24.3 Å². The molecule has 1 N–H and O–H groups in total. The fraction of sp³-hybridized carbons (Fsp3) is 0.111. The quantitative estimate of drug-likeness (QED) is 0.685. The van der Waals surface area contributed by atoms with Gasteiger partial charge in [-0.15, -0.1) is 0 Å². The predicted molar refractivity (Wildman–Crippen MR) is 87.3 cm³/mol. The Kier molecular flexibility index (Phi) is 3.63. The van der Waals surface area contributed by atoms with Gasteiger partial charge in [-0.1, -0.05) is 6.07 Å². The van der Waals surface area contributed by atoms with Crippen molar-refractivity contribution < 1.29 is 23.7 Å². The highest BCUT2D eigenvalue weighted by atomic mass is 16.7. The van der Waals surface area contributed by atoms with Crippen LogP contribution in [0.25, 0.3) is 6.08 Å². The highest BCUT2D eigenvalue weighted by Crippen LogP contribution is 2.35. The molecule has 25 heavy (non-hydrogen) atoms. The molecule has 2 aromatic carbocycles. The second-order valence-corrected chi connectivity index (χ2v) is 5.30. The summed E-state index contributed by atoms with van der Waals surface area (Å²) in [7, 11) is 0. The molecule has 124 valence electrons. The van der Waals surface area contributed by atoms with E-state index in [9.17, 15) is 10.1 Å². The Balaban J connectivity index is 1.54. The molecule has 7 nitrogen and oxygen atoms in total. The van der Waals surface area contributed by atoms with Crippen molar-refractivity contribution in [2.45, 2.75) is 0 Å². The van der Waals surface area contributed by atoms with Crippen molar-refractivity contribution in [3.05, 3.63) is 47.5 Å². The van der Waals surface area contributed by atoms with E-state index in [1.165, 1.54) is 6.08 Å². The van der Waals surface area contributed by atoms with Gasteiger partial charge in [0, 0.05) is 11.8 Å². The summed E-state index contributed by atoms with van der Waals surface area (Å²) in [5.74, 6) is 1.88. The number of carbonyl (C=O) groups excluding carboxylic acids is 1. The number of anilines is 1. The number of hydrogen-bond acceptors (Lipinski definition) is 6. The first kappa shape index (κ1) is 14.9. The van der Waals surface area contributed by atoms with Gasteiger partial charge in [0.05, 0.1) is 0 Å². The Labute approximate surface area is 143 Å². The van der Waals surface area contributed by atoms with Crippen molar-refractivity contribution in [3.8, 4) is 29.1 Å². The summed E-state index contributed by atoms with van der Waals surface area (Å²) >= 11 is 0. The Morgan fingerprint density at radius 3 is 2.32 bits per heavy atom. The lowest BCUT2D eigenvalue weighted by molar-refractivity contribution is -0.112. The van der Waals surface area contributed by atoms with Crippen LogP contribution in [0.2, 0.25) is 0 Å². The number of nitrogens with one attached hydrogen (secondary N) is 1. The minimum atomic E-state index is -0.515. The van der Waals surface area contributed by atoms with Crippen LogP contribution in [-0.2, 0) is 4.79 Å².